The number of hydrogen-bond acceptors (Lipinski definition) is 2. The number of aryl methyl sites for hydroxylation is 1. The van der Waals surface area contributed by atoms with E-state index < -0.39 is 0 Å². The molecule has 0 aliphatic heterocycles. The van der Waals surface area contributed by atoms with Gasteiger partial charge in [0.05, 0.1) is 12.1 Å². The van der Waals surface area contributed by atoms with Crippen LogP contribution in [0.5, 0.6) is 0 Å². The first-order valence-corrected chi connectivity index (χ1v) is 7.00. The monoisotopic (exact) mass is 269 g/mol. The summed E-state index contributed by atoms with van der Waals surface area (Å²) < 4.78 is 2.12. The summed E-state index contributed by atoms with van der Waals surface area (Å²) in [6.07, 6.45) is 2.05. The van der Waals surface area contributed by atoms with E-state index in [2.05, 4.69) is 47.3 Å². The van der Waals surface area contributed by atoms with E-state index >= 15 is 0 Å². The molecule has 2 nitrogen and oxygen atoms in total. The number of aliphatic hydroxyl groups is 1. The standard InChI is InChI=1S/C16H15NOS/c1-12-5-7-15(8-6-12)19-17-10-9-13-3-2-4-14(11-18)16(13)17/h2-10,18H,11H2,1H3. The highest BCUT2D eigenvalue weighted by Gasteiger charge is 2.07. The van der Waals surface area contributed by atoms with Crippen molar-refractivity contribution >= 4 is 22.9 Å². The topological polar surface area (TPSA) is 25.2 Å². The lowest BCUT2D eigenvalue weighted by Gasteiger charge is -2.07. The third-order valence-corrected chi connectivity index (χ3v) is 4.14. The molecule has 0 aliphatic carbocycles. The average molecular weight is 269 g/mol. The molecule has 1 N–H and O–H groups in total. The lowest BCUT2D eigenvalue weighted by molar-refractivity contribution is 0.283. The van der Waals surface area contributed by atoms with Crippen LogP contribution in [0.3, 0.4) is 0 Å². The van der Waals surface area contributed by atoms with Crippen molar-refractivity contribution in [1.82, 2.24) is 3.97 Å². The van der Waals surface area contributed by atoms with Crippen LogP contribution in [0.25, 0.3) is 10.9 Å². The number of rotatable bonds is 3. The highest BCUT2D eigenvalue weighted by atomic mass is 32.2. The second-order valence-electron chi connectivity index (χ2n) is 4.56. The van der Waals surface area contributed by atoms with Gasteiger partial charge in [0.15, 0.2) is 0 Å². The number of fused-ring (bicyclic) bond motifs is 1. The van der Waals surface area contributed by atoms with Crippen LogP contribution in [0, 0.1) is 6.92 Å². The van der Waals surface area contributed by atoms with Crippen molar-refractivity contribution in [3.63, 3.8) is 0 Å². The Morgan fingerprint density at radius 3 is 2.58 bits per heavy atom. The molecule has 0 spiro atoms. The molecule has 3 rings (SSSR count). The average Bonchev–Trinajstić information content (AvgIpc) is 2.85. The second-order valence-corrected chi connectivity index (χ2v) is 5.61. The summed E-state index contributed by atoms with van der Waals surface area (Å²) in [5.41, 5.74) is 3.32. The van der Waals surface area contributed by atoms with Crippen LogP contribution in [-0.2, 0) is 6.61 Å². The largest absolute Gasteiger partial charge is 0.392 e. The van der Waals surface area contributed by atoms with Gasteiger partial charge in [-0.25, -0.2) is 0 Å². The fourth-order valence-electron chi connectivity index (χ4n) is 2.15. The molecule has 0 amide bonds. The Kier molecular flexibility index (Phi) is 3.32. The fourth-order valence-corrected chi connectivity index (χ4v) is 3.07. The Balaban J connectivity index is 2.03. The van der Waals surface area contributed by atoms with Crippen molar-refractivity contribution < 1.29 is 5.11 Å². The number of aromatic nitrogens is 1. The van der Waals surface area contributed by atoms with E-state index in [0.29, 0.717) is 0 Å². The van der Waals surface area contributed by atoms with E-state index in [4.69, 9.17) is 0 Å². The van der Waals surface area contributed by atoms with Gasteiger partial charge in [0.1, 0.15) is 0 Å². The van der Waals surface area contributed by atoms with Crippen LogP contribution >= 0.6 is 11.9 Å². The molecule has 0 radical (unpaired) electrons. The Hall–Kier alpha value is -1.71. The van der Waals surface area contributed by atoms with E-state index in [9.17, 15) is 5.11 Å². The van der Waals surface area contributed by atoms with Crippen LogP contribution in [0.4, 0.5) is 0 Å². The molecular weight excluding hydrogens is 254 g/mol. The van der Waals surface area contributed by atoms with Crippen molar-refractivity contribution in [2.24, 2.45) is 0 Å². The van der Waals surface area contributed by atoms with Gasteiger partial charge >= 0.3 is 0 Å². The van der Waals surface area contributed by atoms with Crippen LogP contribution in [-0.4, -0.2) is 9.08 Å². The highest BCUT2D eigenvalue weighted by molar-refractivity contribution is 7.98. The first kappa shape index (κ1) is 12.3. The number of hydrogen-bond donors (Lipinski definition) is 1. The minimum atomic E-state index is 0.0653. The Bertz CT molecular complexity index is 700. The number of benzene rings is 2. The minimum Gasteiger partial charge on any atom is -0.392 e. The first-order valence-electron chi connectivity index (χ1n) is 6.23. The smallest absolute Gasteiger partial charge is 0.0702 e. The van der Waals surface area contributed by atoms with E-state index in [1.165, 1.54) is 10.5 Å². The molecule has 3 heteroatoms. The van der Waals surface area contributed by atoms with Crippen molar-refractivity contribution in [2.45, 2.75) is 18.4 Å². The van der Waals surface area contributed by atoms with Gasteiger partial charge < -0.3 is 5.11 Å². The van der Waals surface area contributed by atoms with E-state index in [0.717, 1.165) is 16.5 Å². The van der Waals surface area contributed by atoms with Crippen LogP contribution in [0.15, 0.2) is 59.6 Å². The maximum atomic E-state index is 9.46. The molecule has 0 saturated heterocycles. The Labute approximate surface area is 116 Å². The van der Waals surface area contributed by atoms with Gasteiger partial charge in [-0.05, 0) is 37.1 Å². The number of nitrogens with zero attached hydrogens (tertiary/aromatic N) is 1. The zero-order chi connectivity index (χ0) is 13.2. The zero-order valence-corrected chi connectivity index (χ0v) is 11.5. The minimum absolute atomic E-state index is 0.0653. The normalized spacial score (nSPS) is 11.1. The summed E-state index contributed by atoms with van der Waals surface area (Å²) in [4.78, 5) is 1.19. The molecule has 0 atom stereocenters. The van der Waals surface area contributed by atoms with Crippen molar-refractivity contribution in [3.05, 3.63) is 65.9 Å². The molecule has 0 unspecified atom stereocenters. The molecular formula is C16H15NOS. The molecule has 1 heterocycles. The van der Waals surface area contributed by atoms with Gasteiger partial charge in [-0.15, -0.1) is 0 Å². The number of para-hydroxylation sites is 1. The molecule has 3 aromatic rings. The van der Waals surface area contributed by atoms with Gasteiger partial charge in [0.25, 0.3) is 0 Å². The summed E-state index contributed by atoms with van der Waals surface area (Å²) in [7, 11) is 0. The predicted octanol–water partition coefficient (Wildman–Crippen LogP) is 4.00. The SMILES string of the molecule is Cc1ccc(Sn2ccc3cccc(CO)c32)cc1. The molecule has 1 aromatic heterocycles. The van der Waals surface area contributed by atoms with Crippen molar-refractivity contribution in [1.29, 1.82) is 0 Å². The van der Waals surface area contributed by atoms with Crippen LogP contribution in [0.2, 0.25) is 0 Å². The molecule has 0 bridgehead atoms. The van der Waals surface area contributed by atoms with E-state index in [-0.39, 0.29) is 6.61 Å². The number of aliphatic hydroxyl groups excluding tert-OH is 1. The third kappa shape index (κ3) is 2.39. The molecule has 96 valence electrons. The molecule has 2 aromatic carbocycles. The van der Waals surface area contributed by atoms with Crippen LogP contribution < -0.4 is 0 Å². The molecule has 19 heavy (non-hydrogen) atoms. The fraction of sp³-hybridized carbons (Fsp3) is 0.125. The lowest BCUT2D eigenvalue weighted by atomic mass is 10.1. The maximum absolute atomic E-state index is 9.46. The molecule has 0 fully saturated rings. The summed E-state index contributed by atoms with van der Waals surface area (Å²) in [5.74, 6) is 0. The summed E-state index contributed by atoms with van der Waals surface area (Å²) >= 11 is 1.67. The Morgan fingerprint density at radius 2 is 1.84 bits per heavy atom. The molecule has 0 saturated carbocycles. The van der Waals surface area contributed by atoms with Gasteiger partial charge in [0.2, 0.25) is 0 Å². The molecule has 0 aliphatic rings. The van der Waals surface area contributed by atoms with E-state index in [1.54, 1.807) is 11.9 Å². The van der Waals surface area contributed by atoms with Gasteiger partial charge in [0, 0.05) is 22.0 Å². The first-order chi connectivity index (χ1) is 9.28. The second kappa shape index (κ2) is 5.11. The quantitative estimate of drug-likeness (QED) is 0.777. The van der Waals surface area contributed by atoms with Gasteiger partial charge in [-0.2, -0.15) is 0 Å². The van der Waals surface area contributed by atoms with Gasteiger partial charge in [-0.1, -0.05) is 35.9 Å². The summed E-state index contributed by atoms with van der Waals surface area (Å²) in [5, 5.41) is 10.6. The summed E-state index contributed by atoms with van der Waals surface area (Å²) in [6, 6.07) is 16.6. The van der Waals surface area contributed by atoms with Crippen LogP contribution in [0.1, 0.15) is 11.1 Å². The third-order valence-electron chi connectivity index (χ3n) is 3.16. The summed E-state index contributed by atoms with van der Waals surface area (Å²) in [6.45, 7) is 2.15. The predicted molar refractivity (Wildman–Crippen MR) is 80.3 cm³/mol. The lowest BCUT2D eigenvalue weighted by Crippen LogP contribution is -1.91. The van der Waals surface area contributed by atoms with Crippen molar-refractivity contribution in [2.75, 3.05) is 0 Å². The van der Waals surface area contributed by atoms with E-state index in [1.807, 2.05) is 18.3 Å². The zero-order valence-electron chi connectivity index (χ0n) is 10.7. The van der Waals surface area contributed by atoms with Gasteiger partial charge in [-0.3, -0.25) is 3.97 Å². The van der Waals surface area contributed by atoms with Crippen molar-refractivity contribution in [3.8, 4) is 0 Å². The highest BCUT2D eigenvalue weighted by Crippen LogP contribution is 2.29. The maximum Gasteiger partial charge on any atom is 0.0702 e. The Morgan fingerprint density at radius 1 is 1.05 bits per heavy atom.